The van der Waals surface area contributed by atoms with Gasteiger partial charge in [0.25, 0.3) is 0 Å². The lowest BCUT2D eigenvalue weighted by molar-refractivity contribution is 0.0181. The van der Waals surface area contributed by atoms with E-state index in [9.17, 15) is 0 Å². The molecule has 3 fully saturated rings. The molecule has 0 radical (unpaired) electrons. The summed E-state index contributed by atoms with van der Waals surface area (Å²) >= 11 is 2.11. The molecule has 0 amide bonds. The summed E-state index contributed by atoms with van der Waals surface area (Å²) in [6.45, 7) is 2.20. The second-order valence-corrected chi connectivity index (χ2v) is 6.93. The zero-order valence-electron chi connectivity index (χ0n) is 10.2. The first kappa shape index (κ1) is 11.4. The van der Waals surface area contributed by atoms with Gasteiger partial charge in [-0.25, -0.2) is 0 Å². The van der Waals surface area contributed by atoms with E-state index >= 15 is 0 Å². The van der Waals surface area contributed by atoms with E-state index in [1.807, 2.05) is 0 Å². The van der Waals surface area contributed by atoms with Crippen molar-refractivity contribution in [1.82, 2.24) is 4.90 Å². The molecule has 0 aromatic carbocycles. The second kappa shape index (κ2) is 4.51. The molecule has 0 aromatic heterocycles. The Morgan fingerprint density at radius 2 is 2.12 bits per heavy atom. The number of nitrogens with zero attached hydrogens (tertiary/aromatic N) is 1. The summed E-state index contributed by atoms with van der Waals surface area (Å²) in [5.41, 5.74) is 6.50. The highest BCUT2D eigenvalue weighted by Crippen LogP contribution is 2.43. The number of hydrogen-bond acceptors (Lipinski definition) is 3. The molecule has 1 aliphatic carbocycles. The molecule has 2 aliphatic heterocycles. The van der Waals surface area contributed by atoms with Crippen LogP contribution < -0.4 is 5.73 Å². The lowest BCUT2D eigenvalue weighted by Gasteiger charge is -2.48. The van der Waals surface area contributed by atoms with Gasteiger partial charge in [-0.3, -0.25) is 4.90 Å². The Bertz CT molecular complexity index is 250. The van der Waals surface area contributed by atoms with E-state index in [1.165, 1.54) is 56.6 Å². The van der Waals surface area contributed by atoms with Gasteiger partial charge in [0, 0.05) is 23.9 Å². The molecule has 16 heavy (non-hydrogen) atoms. The van der Waals surface area contributed by atoms with E-state index in [1.54, 1.807) is 0 Å². The van der Waals surface area contributed by atoms with Gasteiger partial charge in [-0.05, 0) is 50.3 Å². The molecule has 0 aromatic rings. The van der Waals surface area contributed by atoms with Crippen molar-refractivity contribution >= 4 is 11.8 Å². The van der Waals surface area contributed by atoms with E-state index in [0.717, 1.165) is 18.5 Å². The summed E-state index contributed by atoms with van der Waals surface area (Å²) < 4.78 is 0. The number of fused-ring (bicyclic) bond motifs is 1. The number of thioether (sulfide) groups is 1. The summed E-state index contributed by atoms with van der Waals surface area (Å²) in [5, 5.41) is 0. The molecule has 3 unspecified atom stereocenters. The van der Waals surface area contributed by atoms with Crippen LogP contribution in [0, 0.1) is 5.92 Å². The van der Waals surface area contributed by atoms with E-state index < -0.39 is 0 Å². The van der Waals surface area contributed by atoms with Gasteiger partial charge >= 0.3 is 0 Å². The first-order valence-corrected chi connectivity index (χ1v) is 8.06. The van der Waals surface area contributed by atoms with Crippen LogP contribution in [0.4, 0.5) is 0 Å². The Morgan fingerprint density at radius 1 is 1.25 bits per heavy atom. The van der Waals surface area contributed by atoms with E-state index in [0.29, 0.717) is 5.54 Å². The summed E-state index contributed by atoms with van der Waals surface area (Å²) in [6.07, 6.45) is 8.60. The highest BCUT2D eigenvalue weighted by atomic mass is 32.2. The topological polar surface area (TPSA) is 29.3 Å². The Hall–Kier alpha value is 0.270. The van der Waals surface area contributed by atoms with Crippen molar-refractivity contribution in [2.24, 2.45) is 11.7 Å². The number of rotatable bonds is 2. The molecule has 3 aliphatic rings. The first-order valence-electron chi connectivity index (χ1n) is 6.90. The fourth-order valence-electron chi connectivity index (χ4n) is 4.14. The average molecular weight is 240 g/mol. The second-order valence-electron chi connectivity index (χ2n) is 5.83. The summed E-state index contributed by atoms with van der Waals surface area (Å²) in [5.74, 6) is 3.61. The zero-order valence-corrected chi connectivity index (χ0v) is 11.0. The monoisotopic (exact) mass is 240 g/mol. The molecule has 1 saturated carbocycles. The van der Waals surface area contributed by atoms with Crippen LogP contribution in [0.5, 0.6) is 0 Å². The minimum atomic E-state index is 0.373. The van der Waals surface area contributed by atoms with Gasteiger partial charge in [-0.1, -0.05) is 6.42 Å². The molecule has 2 saturated heterocycles. The van der Waals surface area contributed by atoms with Gasteiger partial charge < -0.3 is 5.73 Å². The number of nitrogens with two attached hydrogens (primary N) is 1. The Kier molecular flexibility index (Phi) is 3.20. The zero-order chi connectivity index (χ0) is 11.0. The van der Waals surface area contributed by atoms with Gasteiger partial charge in [-0.2, -0.15) is 11.8 Å². The predicted octanol–water partition coefficient (Wildman–Crippen LogP) is 2.09. The van der Waals surface area contributed by atoms with E-state index in [-0.39, 0.29) is 0 Å². The maximum absolute atomic E-state index is 6.13. The van der Waals surface area contributed by atoms with E-state index in [4.69, 9.17) is 5.73 Å². The molecular weight excluding hydrogens is 216 g/mol. The van der Waals surface area contributed by atoms with E-state index in [2.05, 4.69) is 16.7 Å². The van der Waals surface area contributed by atoms with Gasteiger partial charge in [0.15, 0.2) is 0 Å². The fourth-order valence-corrected chi connectivity index (χ4v) is 5.62. The van der Waals surface area contributed by atoms with Gasteiger partial charge in [-0.15, -0.1) is 0 Å². The number of hydrogen-bond donors (Lipinski definition) is 1. The quantitative estimate of drug-likeness (QED) is 0.801. The molecule has 0 bridgehead atoms. The maximum Gasteiger partial charge on any atom is 0.0432 e. The molecule has 3 heteroatoms. The van der Waals surface area contributed by atoms with Crippen LogP contribution >= 0.6 is 11.8 Å². The van der Waals surface area contributed by atoms with Crippen molar-refractivity contribution in [3.8, 4) is 0 Å². The van der Waals surface area contributed by atoms with Crippen LogP contribution in [0.1, 0.15) is 38.5 Å². The van der Waals surface area contributed by atoms with Crippen LogP contribution in [0.25, 0.3) is 0 Å². The summed E-state index contributed by atoms with van der Waals surface area (Å²) in [7, 11) is 0. The number of likely N-dealkylation sites (tertiary alicyclic amines) is 1. The van der Waals surface area contributed by atoms with Crippen LogP contribution in [-0.4, -0.2) is 41.1 Å². The van der Waals surface area contributed by atoms with Gasteiger partial charge in [0.1, 0.15) is 0 Å². The van der Waals surface area contributed by atoms with Crippen molar-refractivity contribution in [3.05, 3.63) is 0 Å². The minimum Gasteiger partial charge on any atom is -0.329 e. The molecular formula is C13H24N2S. The molecule has 92 valence electrons. The fraction of sp³-hybridized carbons (Fsp3) is 1.00. The Balaban J connectivity index is 1.81. The smallest absolute Gasteiger partial charge is 0.0432 e. The van der Waals surface area contributed by atoms with Crippen molar-refractivity contribution in [2.75, 3.05) is 24.6 Å². The Labute approximate surface area is 103 Å². The molecule has 2 nitrogen and oxygen atoms in total. The van der Waals surface area contributed by atoms with Crippen molar-refractivity contribution in [1.29, 1.82) is 0 Å². The molecule has 3 rings (SSSR count). The average Bonchev–Trinajstić information content (AvgIpc) is 2.98. The normalized spacial score (nSPS) is 44.8. The van der Waals surface area contributed by atoms with Crippen LogP contribution in [0.2, 0.25) is 0 Å². The maximum atomic E-state index is 6.13. The molecule has 0 spiro atoms. The molecule has 2 heterocycles. The largest absolute Gasteiger partial charge is 0.329 e. The third-order valence-corrected chi connectivity index (χ3v) is 6.30. The SMILES string of the molecule is NCC1(N2CCCC3CCCC32)CCSC1. The summed E-state index contributed by atoms with van der Waals surface area (Å²) in [6, 6.07) is 0.885. The van der Waals surface area contributed by atoms with Crippen molar-refractivity contribution in [3.63, 3.8) is 0 Å². The van der Waals surface area contributed by atoms with Crippen LogP contribution in [0.15, 0.2) is 0 Å². The highest BCUT2D eigenvalue weighted by molar-refractivity contribution is 7.99. The standard InChI is InChI=1S/C13H24N2S/c14-9-13(6-8-16-10-13)15-7-2-4-11-3-1-5-12(11)15/h11-12H,1-10,14H2. The van der Waals surface area contributed by atoms with Crippen LogP contribution in [-0.2, 0) is 0 Å². The molecule has 2 N–H and O–H groups in total. The van der Waals surface area contributed by atoms with Crippen molar-refractivity contribution in [2.45, 2.75) is 50.1 Å². The third-order valence-electron chi connectivity index (χ3n) is 5.06. The van der Waals surface area contributed by atoms with Gasteiger partial charge in [0.05, 0.1) is 0 Å². The predicted molar refractivity (Wildman–Crippen MR) is 70.8 cm³/mol. The molecule has 3 atom stereocenters. The number of piperidine rings is 1. The lowest BCUT2D eigenvalue weighted by atomic mass is 9.85. The van der Waals surface area contributed by atoms with Gasteiger partial charge in [0.2, 0.25) is 0 Å². The van der Waals surface area contributed by atoms with Crippen LogP contribution in [0.3, 0.4) is 0 Å². The third kappa shape index (κ3) is 1.72. The minimum absolute atomic E-state index is 0.373. The summed E-state index contributed by atoms with van der Waals surface area (Å²) in [4.78, 5) is 2.84. The highest BCUT2D eigenvalue weighted by Gasteiger charge is 2.46. The lowest BCUT2D eigenvalue weighted by Crippen LogP contribution is -2.60. The first-order chi connectivity index (χ1) is 7.86. The van der Waals surface area contributed by atoms with Crippen molar-refractivity contribution < 1.29 is 0 Å². The Morgan fingerprint density at radius 3 is 2.88 bits per heavy atom.